The van der Waals surface area contributed by atoms with E-state index in [-0.39, 0.29) is 0 Å². The Balaban J connectivity index is 2.52. The molecule has 0 aromatic heterocycles. The summed E-state index contributed by atoms with van der Waals surface area (Å²) in [5.41, 5.74) is 3.86. The number of benzene rings is 2. The average Bonchev–Trinajstić information content (AvgIpc) is 2.24. The fraction of sp³-hybridized carbons (Fsp3) is 0.0714. The van der Waals surface area contributed by atoms with E-state index in [1.165, 1.54) is 27.5 Å². The Morgan fingerprint density at radius 2 is 2.07 bits per heavy atom. The minimum Gasteiger partial charge on any atom is -0.0725 e. The molecule has 0 nitrogen and oxygen atoms in total. The Morgan fingerprint density at radius 1 is 1.14 bits per heavy atom. The largest absolute Gasteiger partial charge is 0.0725 e. The Morgan fingerprint density at radius 3 is 3.00 bits per heavy atom. The lowest BCUT2D eigenvalue weighted by atomic mass is 9.89. The van der Waals surface area contributed by atoms with Gasteiger partial charge in [-0.1, -0.05) is 36.4 Å². The van der Waals surface area contributed by atoms with Crippen LogP contribution in [-0.2, 0) is 0 Å². The van der Waals surface area contributed by atoms with Crippen molar-refractivity contribution in [3.63, 3.8) is 0 Å². The van der Waals surface area contributed by atoms with Gasteiger partial charge in [0.25, 0.3) is 0 Å². The van der Waals surface area contributed by atoms with Gasteiger partial charge in [-0.3, -0.25) is 0 Å². The van der Waals surface area contributed by atoms with Crippen molar-refractivity contribution in [1.82, 2.24) is 0 Å². The number of allylic oxidation sites excluding steroid dienone is 2. The second-order valence-electron chi connectivity index (χ2n) is 3.68. The molecule has 2 aromatic rings. The smallest absolute Gasteiger partial charge is 0.0134 e. The molecule has 0 amide bonds. The molecule has 0 N–H and O–H groups in total. The maximum atomic E-state index is 3.31. The van der Waals surface area contributed by atoms with Crippen molar-refractivity contribution in [2.24, 2.45) is 0 Å². The molecule has 0 bridgehead atoms. The van der Waals surface area contributed by atoms with Crippen LogP contribution >= 0.6 is 0 Å². The van der Waals surface area contributed by atoms with Crippen molar-refractivity contribution < 1.29 is 0 Å². The molecule has 0 saturated carbocycles. The maximum absolute atomic E-state index is 3.31. The van der Waals surface area contributed by atoms with Crippen LogP contribution in [0.1, 0.15) is 18.1 Å². The quantitative estimate of drug-likeness (QED) is 0.578. The van der Waals surface area contributed by atoms with E-state index in [9.17, 15) is 0 Å². The Kier molecular flexibility index (Phi) is 1.51. The van der Waals surface area contributed by atoms with Crippen LogP contribution in [-0.4, -0.2) is 0 Å². The normalized spacial score (nSPS) is 14.2. The molecule has 0 heterocycles. The number of hydrogen-bond acceptors (Lipinski definition) is 0. The van der Waals surface area contributed by atoms with Gasteiger partial charge < -0.3 is 0 Å². The summed E-state index contributed by atoms with van der Waals surface area (Å²) in [5, 5.41) is 2.65. The summed E-state index contributed by atoms with van der Waals surface area (Å²) >= 11 is 0. The third-order valence-corrected chi connectivity index (χ3v) is 2.78. The summed E-state index contributed by atoms with van der Waals surface area (Å²) in [6.45, 7) is 2.14. The van der Waals surface area contributed by atoms with Crippen LogP contribution in [0, 0.1) is 12.5 Å². The summed E-state index contributed by atoms with van der Waals surface area (Å²) in [6.07, 6.45) is 4.34. The van der Waals surface area contributed by atoms with Gasteiger partial charge in [0.2, 0.25) is 0 Å². The zero-order valence-corrected chi connectivity index (χ0v) is 8.04. The van der Waals surface area contributed by atoms with Gasteiger partial charge in [0.05, 0.1) is 0 Å². The summed E-state index contributed by atoms with van der Waals surface area (Å²) in [6, 6.07) is 13.9. The molecule has 0 fully saturated rings. The summed E-state index contributed by atoms with van der Waals surface area (Å²) in [7, 11) is 0. The van der Waals surface area contributed by atoms with E-state index in [4.69, 9.17) is 0 Å². The molecule has 66 valence electrons. The summed E-state index contributed by atoms with van der Waals surface area (Å²) in [5.74, 6) is 0. The highest BCUT2D eigenvalue weighted by molar-refractivity contribution is 5.99. The third kappa shape index (κ3) is 0.941. The highest BCUT2D eigenvalue weighted by atomic mass is 14.1. The lowest BCUT2D eigenvalue weighted by Crippen LogP contribution is -1.94. The van der Waals surface area contributed by atoms with E-state index in [2.05, 4.69) is 49.8 Å². The number of rotatable bonds is 0. The lowest BCUT2D eigenvalue weighted by molar-refractivity contribution is 1.48. The van der Waals surface area contributed by atoms with Crippen molar-refractivity contribution in [1.29, 1.82) is 0 Å². The van der Waals surface area contributed by atoms with Crippen molar-refractivity contribution in [2.45, 2.75) is 6.92 Å². The molecule has 0 aliphatic heterocycles. The van der Waals surface area contributed by atoms with Crippen molar-refractivity contribution in [3.05, 3.63) is 60.0 Å². The van der Waals surface area contributed by atoms with E-state index < -0.39 is 0 Å². The molecule has 0 unspecified atom stereocenters. The summed E-state index contributed by atoms with van der Waals surface area (Å²) in [4.78, 5) is 0. The van der Waals surface area contributed by atoms with Crippen molar-refractivity contribution >= 4 is 16.3 Å². The zero-order valence-electron chi connectivity index (χ0n) is 8.04. The monoisotopic (exact) mass is 178 g/mol. The van der Waals surface area contributed by atoms with Crippen molar-refractivity contribution in [2.75, 3.05) is 0 Å². The van der Waals surface area contributed by atoms with E-state index in [0.717, 1.165) is 0 Å². The first-order chi connectivity index (χ1) is 6.86. The molecule has 0 saturated heterocycles. The first-order valence-electron chi connectivity index (χ1n) is 4.82. The molecule has 2 aromatic carbocycles. The van der Waals surface area contributed by atoms with Gasteiger partial charge in [-0.15, -0.1) is 0 Å². The molecular weight excluding hydrogens is 168 g/mol. The van der Waals surface area contributed by atoms with Crippen LogP contribution in [0.4, 0.5) is 0 Å². The Labute approximate surface area is 83.9 Å². The predicted octanol–water partition coefficient (Wildman–Crippen LogP) is 3.61. The third-order valence-electron chi connectivity index (χ3n) is 2.78. The lowest BCUT2D eigenvalue weighted by Gasteiger charge is -2.15. The van der Waals surface area contributed by atoms with Gasteiger partial charge >= 0.3 is 0 Å². The molecule has 1 aliphatic rings. The van der Waals surface area contributed by atoms with E-state index in [1.807, 2.05) is 6.07 Å². The van der Waals surface area contributed by atoms with Gasteiger partial charge in [0.1, 0.15) is 0 Å². The van der Waals surface area contributed by atoms with Crippen molar-refractivity contribution in [3.8, 4) is 0 Å². The Hall–Kier alpha value is -1.56. The zero-order chi connectivity index (χ0) is 9.54. The minimum absolute atomic E-state index is 1.25. The van der Waals surface area contributed by atoms with Gasteiger partial charge in [-0.25, -0.2) is 0 Å². The minimum atomic E-state index is 1.25. The molecular formula is C14H10. The Bertz CT molecular complexity index is 527. The first-order valence-corrected chi connectivity index (χ1v) is 4.82. The maximum Gasteiger partial charge on any atom is 0.0134 e. The van der Waals surface area contributed by atoms with Crippen LogP contribution in [0.2, 0.25) is 0 Å². The first kappa shape index (κ1) is 7.81. The van der Waals surface area contributed by atoms with Gasteiger partial charge in [0, 0.05) is 6.42 Å². The standard InChI is InChI=1S/C14H10/c1-10-8-9-12-5-2-4-11-6-3-7-13(10)14(11)12/h2-6,8-9H,1H3. The number of hydrogen-bond donors (Lipinski definition) is 0. The molecule has 2 radical (unpaired) electrons. The fourth-order valence-corrected chi connectivity index (χ4v) is 2.05. The van der Waals surface area contributed by atoms with Crippen LogP contribution in [0.25, 0.3) is 16.3 Å². The molecule has 0 heteroatoms. The van der Waals surface area contributed by atoms with Gasteiger partial charge in [-0.2, -0.15) is 0 Å². The van der Waals surface area contributed by atoms with Gasteiger partial charge in [0.15, 0.2) is 0 Å². The fourth-order valence-electron chi connectivity index (χ4n) is 2.05. The average molecular weight is 178 g/mol. The molecule has 0 atom stereocenters. The second kappa shape index (κ2) is 2.71. The highest BCUT2D eigenvalue weighted by Gasteiger charge is 2.11. The van der Waals surface area contributed by atoms with E-state index in [0.29, 0.717) is 0 Å². The molecule has 14 heavy (non-hydrogen) atoms. The topological polar surface area (TPSA) is 0 Å². The SMILES string of the molecule is CC1=C[CH]c2cccc3cc[c]c1c23. The van der Waals surface area contributed by atoms with Crippen LogP contribution < -0.4 is 0 Å². The van der Waals surface area contributed by atoms with Crippen LogP contribution in [0.5, 0.6) is 0 Å². The molecule has 0 spiro atoms. The predicted molar refractivity (Wildman–Crippen MR) is 59.8 cm³/mol. The van der Waals surface area contributed by atoms with E-state index >= 15 is 0 Å². The van der Waals surface area contributed by atoms with Crippen LogP contribution in [0.3, 0.4) is 0 Å². The summed E-state index contributed by atoms with van der Waals surface area (Å²) < 4.78 is 0. The van der Waals surface area contributed by atoms with Gasteiger partial charge in [-0.05, 0) is 40.5 Å². The second-order valence-corrected chi connectivity index (χ2v) is 3.68. The highest BCUT2D eigenvalue weighted by Crippen LogP contribution is 2.32. The van der Waals surface area contributed by atoms with Crippen LogP contribution in [0.15, 0.2) is 36.4 Å². The van der Waals surface area contributed by atoms with E-state index in [1.54, 1.807) is 0 Å². The molecule has 1 aliphatic carbocycles. The molecule has 3 rings (SSSR count).